The second-order valence-corrected chi connectivity index (χ2v) is 3.19. The minimum Gasteiger partial charge on any atom is -0.489 e. The van der Waals surface area contributed by atoms with Gasteiger partial charge in [0.15, 0.2) is 4.98 Å². The molecule has 7 heteroatoms. The van der Waals surface area contributed by atoms with Crippen LogP contribution in [-0.4, -0.2) is 12.0 Å². The smallest absolute Gasteiger partial charge is 0.427 e. The summed E-state index contributed by atoms with van der Waals surface area (Å²) in [5.74, 6) is 0.141. The summed E-state index contributed by atoms with van der Waals surface area (Å²) in [5.41, 5.74) is -0.0146. The highest BCUT2D eigenvalue weighted by atomic mass is 79.9. The summed E-state index contributed by atoms with van der Waals surface area (Å²) in [7, 11) is 1.33. The topological polar surface area (TPSA) is 80.5 Å². The highest BCUT2D eigenvalue weighted by molar-refractivity contribution is 9.10. The number of nitro benzene ring substituents is 1. The van der Waals surface area contributed by atoms with E-state index in [0.717, 1.165) is 0 Å². The van der Waals surface area contributed by atoms with Crippen molar-refractivity contribution < 1.29 is 9.66 Å². The number of benzene rings is 1. The van der Waals surface area contributed by atoms with E-state index in [1.54, 1.807) is 0 Å². The van der Waals surface area contributed by atoms with E-state index in [2.05, 4.69) is 20.9 Å². The summed E-state index contributed by atoms with van der Waals surface area (Å²) < 4.78 is 5.04. The second-order valence-electron chi connectivity index (χ2n) is 2.33. The standard InChI is InChI=1S/C7H5BrN3O3/c1-14-7-3-6(11(12)13)4(8)2-5(7)10-9/h2-3H,1H3/q+1. The molecule has 0 aromatic heterocycles. The van der Waals surface area contributed by atoms with Crippen LogP contribution in [0.1, 0.15) is 0 Å². The first-order chi connectivity index (χ1) is 6.60. The van der Waals surface area contributed by atoms with Crippen LogP contribution in [0.4, 0.5) is 11.4 Å². The van der Waals surface area contributed by atoms with Crippen molar-refractivity contribution >= 4 is 27.3 Å². The molecule has 1 aromatic carbocycles. The molecule has 1 aromatic rings. The van der Waals surface area contributed by atoms with Crippen LogP contribution < -0.4 is 4.74 Å². The number of nitro groups is 1. The normalized spacial score (nSPS) is 9.21. The minimum atomic E-state index is -0.562. The van der Waals surface area contributed by atoms with Crippen molar-refractivity contribution in [1.29, 1.82) is 5.39 Å². The van der Waals surface area contributed by atoms with Crippen molar-refractivity contribution in [3.8, 4) is 5.75 Å². The molecule has 0 atom stereocenters. The molecule has 0 bridgehead atoms. The van der Waals surface area contributed by atoms with Crippen LogP contribution >= 0.6 is 15.9 Å². The molecule has 0 saturated carbocycles. The van der Waals surface area contributed by atoms with Crippen molar-refractivity contribution in [2.75, 3.05) is 7.11 Å². The number of halogens is 1. The molecular formula is C7H5BrN3O3+. The molecule has 0 aliphatic carbocycles. The van der Waals surface area contributed by atoms with Gasteiger partial charge in [0, 0.05) is 0 Å². The number of nitrogens with zero attached hydrogens (tertiary/aromatic N) is 3. The summed E-state index contributed by atoms with van der Waals surface area (Å²) in [6, 6.07) is 2.48. The minimum absolute atomic E-state index is 0.130. The predicted molar refractivity (Wildman–Crippen MR) is 52.1 cm³/mol. The van der Waals surface area contributed by atoms with Crippen molar-refractivity contribution in [2.45, 2.75) is 0 Å². The van der Waals surface area contributed by atoms with Crippen molar-refractivity contribution in [3.63, 3.8) is 0 Å². The third-order valence-corrected chi connectivity index (χ3v) is 2.19. The first-order valence-corrected chi connectivity index (χ1v) is 4.26. The van der Waals surface area contributed by atoms with Crippen LogP contribution in [0.3, 0.4) is 0 Å². The summed E-state index contributed by atoms with van der Waals surface area (Å²) in [4.78, 5) is 12.9. The summed E-state index contributed by atoms with van der Waals surface area (Å²) >= 11 is 2.98. The van der Waals surface area contributed by atoms with E-state index >= 15 is 0 Å². The highest BCUT2D eigenvalue weighted by Crippen LogP contribution is 2.37. The van der Waals surface area contributed by atoms with Gasteiger partial charge in [0.1, 0.15) is 4.47 Å². The zero-order valence-electron chi connectivity index (χ0n) is 7.10. The quantitative estimate of drug-likeness (QED) is 0.464. The Morgan fingerprint density at radius 1 is 1.64 bits per heavy atom. The molecule has 0 spiro atoms. The molecule has 1 rings (SSSR count). The Bertz CT molecular complexity index is 427. The summed E-state index contributed by atoms with van der Waals surface area (Å²) in [6.45, 7) is 0. The number of rotatable bonds is 2. The maximum Gasteiger partial charge on any atom is 0.427 e. The van der Waals surface area contributed by atoms with Gasteiger partial charge in [-0.15, -0.1) is 0 Å². The molecule has 0 fully saturated rings. The van der Waals surface area contributed by atoms with Gasteiger partial charge in [-0.1, -0.05) is 0 Å². The van der Waals surface area contributed by atoms with E-state index in [1.807, 2.05) is 0 Å². The number of methoxy groups -OCH3 is 1. The van der Waals surface area contributed by atoms with Crippen LogP contribution in [0, 0.1) is 15.5 Å². The third kappa shape index (κ3) is 1.80. The molecule has 0 radical (unpaired) electrons. The number of diazo groups is 1. The largest absolute Gasteiger partial charge is 0.489 e. The molecule has 6 nitrogen and oxygen atoms in total. The first kappa shape index (κ1) is 10.4. The van der Waals surface area contributed by atoms with Crippen LogP contribution in [0.5, 0.6) is 5.75 Å². The van der Waals surface area contributed by atoms with Gasteiger partial charge in [0.05, 0.1) is 24.2 Å². The highest BCUT2D eigenvalue weighted by Gasteiger charge is 2.23. The molecule has 14 heavy (non-hydrogen) atoms. The molecule has 0 heterocycles. The molecular weight excluding hydrogens is 254 g/mol. The number of hydrogen-bond donors (Lipinski definition) is 0. The second kappa shape index (κ2) is 4.02. The summed E-state index contributed by atoms with van der Waals surface area (Å²) in [6.07, 6.45) is 0. The fourth-order valence-electron chi connectivity index (χ4n) is 0.914. The van der Waals surface area contributed by atoms with E-state index in [1.165, 1.54) is 19.2 Å². The summed E-state index contributed by atoms with van der Waals surface area (Å²) in [5, 5.41) is 19.1. The molecule has 0 aliphatic rings. The fourth-order valence-corrected chi connectivity index (χ4v) is 1.39. The average Bonchev–Trinajstić information content (AvgIpc) is 2.16. The van der Waals surface area contributed by atoms with E-state index in [-0.39, 0.29) is 21.6 Å². The van der Waals surface area contributed by atoms with Gasteiger partial charge in [-0.3, -0.25) is 10.1 Å². The Kier molecular flexibility index (Phi) is 2.99. The van der Waals surface area contributed by atoms with Crippen molar-refractivity contribution in [1.82, 2.24) is 0 Å². The maximum absolute atomic E-state index is 10.5. The average molecular weight is 259 g/mol. The van der Waals surface area contributed by atoms with Crippen LogP contribution in [0.25, 0.3) is 4.98 Å². The number of ether oxygens (including phenoxy) is 1. The Balaban J connectivity index is 3.39. The number of hydrogen-bond acceptors (Lipinski definition) is 4. The Morgan fingerprint density at radius 2 is 2.29 bits per heavy atom. The van der Waals surface area contributed by atoms with Gasteiger partial charge < -0.3 is 4.74 Å². The van der Waals surface area contributed by atoms with E-state index < -0.39 is 4.92 Å². The lowest BCUT2D eigenvalue weighted by Gasteiger charge is -1.97. The molecule has 0 saturated heterocycles. The lowest BCUT2D eigenvalue weighted by molar-refractivity contribution is -0.385. The Hall–Kier alpha value is -1.68. The molecule has 0 aliphatic heterocycles. The fraction of sp³-hybridized carbons (Fsp3) is 0.143. The molecule has 0 unspecified atom stereocenters. The van der Waals surface area contributed by atoms with Crippen LogP contribution in [-0.2, 0) is 0 Å². The third-order valence-electron chi connectivity index (χ3n) is 1.55. The lowest BCUT2D eigenvalue weighted by atomic mass is 10.2. The SMILES string of the molecule is COc1cc([N+](=O)[O-])c(Br)cc1[N+]#N. The van der Waals surface area contributed by atoms with Gasteiger partial charge in [-0.05, 0) is 15.9 Å². The van der Waals surface area contributed by atoms with Gasteiger partial charge in [0.2, 0.25) is 11.1 Å². The van der Waals surface area contributed by atoms with Crippen LogP contribution in [0.2, 0.25) is 0 Å². The van der Waals surface area contributed by atoms with E-state index in [0.29, 0.717) is 0 Å². The van der Waals surface area contributed by atoms with Gasteiger partial charge >= 0.3 is 5.69 Å². The van der Waals surface area contributed by atoms with Crippen LogP contribution in [0.15, 0.2) is 16.6 Å². The zero-order valence-corrected chi connectivity index (χ0v) is 8.69. The molecule has 0 N–H and O–H groups in total. The van der Waals surface area contributed by atoms with E-state index in [9.17, 15) is 10.1 Å². The van der Waals surface area contributed by atoms with Gasteiger partial charge in [0.25, 0.3) is 5.69 Å². The maximum atomic E-state index is 10.5. The van der Waals surface area contributed by atoms with Crippen molar-refractivity contribution in [3.05, 3.63) is 31.7 Å². The van der Waals surface area contributed by atoms with E-state index in [4.69, 9.17) is 10.1 Å². The molecule has 72 valence electrons. The zero-order chi connectivity index (χ0) is 10.7. The first-order valence-electron chi connectivity index (χ1n) is 3.47. The monoisotopic (exact) mass is 258 g/mol. The Labute approximate surface area is 87.4 Å². The van der Waals surface area contributed by atoms with Crippen molar-refractivity contribution in [2.24, 2.45) is 0 Å². The Morgan fingerprint density at radius 3 is 2.71 bits per heavy atom. The van der Waals surface area contributed by atoms with Gasteiger partial charge in [-0.25, -0.2) is 0 Å². The molecule has 0 amide bonds. The van der Waals surface area contributed by atoms with Gasteiger partial charge in [-0.2, -0.15) is 0 Å². The lowest BCUT2D eigenvalue weighted by Crippen LogP contribution is -1.91. The predicted octanol–water partition coefficient (Wildman–Crippen LogP) is 2.85.